The molecule has 2 aliphatic heterocycles. The molecule has 2 aromatic carbocycles. The second-order valence-corrected chi connectivity index (χ2v) is 11.4. The Morgan fingerprint density at radius 3 is 2.43 bits per heavy atom. The summed E-state index contributed by atoms with van der Waals surface area (Å²) in [7, 11) is 2.47. The van der Waals surface area contributed by atoms with E-state index in [1.165, 1.54) is 19.2 Å². The quantitative estimate of drug-likeness (QED) is 0.404. The van der Waals surface area contributed by atoms with Gasteiger partial charge in [-0.2, -0.15) is 0 Å². The molecule has 2 heterocycles. The number of hydrogen-bond acceptors (Lipinski definition) is 7. The number of rotatable bonds is 7. The first-order valence-corrected chi connectivity index (χ1v) is 14.4. The van der Waals surface area contributed by atoms with Crippen LogP contribution in [0.5, 0.6) is 0 Å². The molecule has 0 bridgehead atoms. The van der Waals surface area contributed by atoms with E-state index in [0.29, 0.717) is 50.8 Å². The van der Waals surface area contributed by atoms with Crippen molar-refractivity contribution in [3.05, 3.63) is 82.3 Å². The number of carbonyl (C=O) groups is 3. The number of urea groups is 2. The molecule has 1 saturated heterocycles. The number of benzene rings is 2. The summed E-state index contributed by atoms with van der Waals surface area (Å²) in [6.45, 7) is 0.906. The molecule has 3 N–H and O–H groups in total. The monoisotopic (exact) mass is 616 g/mol. The molecule has 2 fully saturated rings. The Morgan fingerprint density at radius 2 is 1.77 bits per heavy atom. The molecule has 4 amide bonds. The fourth-order valence-electron chi connectivity index (χ4n) is 6.51. The maximum atomic E-state index is 14.4. The number of likely N-dealkylation sites (tertiary alicyclic amines) is 1. The van der Waals surface area contributed by atoms with Gasteiger partial charge in [0, 0.05) is 37.8 Å². The third-order valence-corrected chi connectivity index (χ3v) is 8.73. The lowest BCUT2D eigenvalue weighted by atomic mass is 9.77. The van der Waals surface area contributed by atoms with Crippen molar-refractivity contribution in [2.75, 3.05) is 33.9 Å². The van der Waals surface area contributed by atoms with Crippen LogP contribution in [0.4, 0.5) is 22.8 Å². The van der Waals surface area contributed by atoms with Crippen LogP contribution in [-0.4, -0.2) is 78.9 Å². The second kappa shape index (κ2) is 13.0. The molecule has 0 spiro atoms. The van der Waals surface area contributed by atoms with Gasteiger partial charge in [0.1, 0.15) is 11.9 Å². The molecular weight excluding hydrogens is 581 g/mol. The number of imide groups is 1. The van der Waals surface area contributed by atoms with Crippen LogP contribution in [0.3, 0.4) is 0 Å². The van der Waals surface area contributed by atoms with Crippen LogP contribution >= 0.6 is 0 Å². The highest BCUT2D eigenvalue weighted by Gasteiger charge is 2.45. The molecule has 2 atom stereocenters. The highest BCUT2D eigenvalue weighted by atomic mass is 19.2. The van der Waals surface area contributed by atoms with E-state index in [1.807, 2.05) is 0 Å². The third-order valence-electron chi connectivity index (χ3n) is 8.73. The number of methoxy groups -OCH3 is 2. The van der Waals surface area contributed by atoms with E-state index in [2.05, 4.69) is 15.5 Å². The summed E-state index contributed by atoms with van der Waals surface area (Å²) in [4.78, 5) is 42.8. The molecule has 1 unspecified atom stereocenters. The van der Waals surface area contributed by atoms with Crippen LogP contribution in [0.15, 0.2) is 53.7 Å². The van der Waals surface area contributed by atoms with E-state index in [-0.39, 0.29) is 35.5 Å². The lowest BCUT2D eigenvalue weighted by Crippen LogP contribution is -2.57. The molecule has 2 aromatic rings. The first kappa shape index (κ1) is 31.5. The van der Waals surface area contributed by atoms with Gasteiger partial charge in [0.05, 0.1) is 30.6 Å². The predicted octanol–water partition coefficient (Wildman–Crippen LogP) is 3.86. The summed E-state index contributed by atoms with van der Waals surface area (Å²) >= 11 is 0. The number of ether oxygens (including phenoxy) is 2. The summed E-state index contributed by atoms with van der Waals surface area (Å²) in [6, 6.07) is 5.73. The van der Waals surface area contributed by atoms with E-state index in [1.54, 1.807) is 18.2 Å². The summed E-state index contributed by atoms with van der Waals surface area (Å²) in [5, 5.41) is 16.5. The van der Waals surface area contributed by atoms with Gasteiger partial charge >= 0.3 is 18.0 Å². The highest BCUT2D eigenvalue weighted by molar-refractivity contribution is 6.01. The standard InChI is InChI=1S/C31H35F3N4O6/c1-43-17-25-26(28(39)44-2)27(18-7-8-23(33)24(34)15-18)38(30(41)36-25)29(40)35-19-11-14-37(16-19)20-9-12-31(42,13-10-20)21-5-3-4-6-22(21)32/h3-8,15,19-20,27,42H,9-14,16-17H2,1-2H3,(H,35,40)(H,36,41)/t19-,20?,27?,31?/m1/s1. The number of halogens is 3. The normalized spacial score (nSPS) is 26.0. The van der Waals surface area contributed by atoms with Gasteiger partial charge in [0.25, 0.3) is 0 Å². The van der Waals surface area contributed by atoms with Crippen LogP contribution in [0.25, 0.3) is 0 Å². The zero-order valence-corrected chi connectivity index (χ0v) is 24.4. The largest absolute Gasteiger partial charge is 0.466 e. The molecular formula is C31H35F3N4O6. The first-order chi connectivity index (χ1) is 21.1. The topological polar surface area (TPSA) is 120 Å². The molecule has 1 saturated carbocycles. The van der Waals surface area contributed by atoms with Crippen molar-refractivity contribution in [1.29, 1.82) is 0 Å². The Morgan fingerprint density at radius 1 is 1.05 bits per heavy atom. The smallest absolute Gasteiger partial charge is 0.338 e. The lowest BCUT2D eigenvalue weighted by molar-refractivity contribution is -0.137. The molecule has 13 heteroatoms. The Kier molecular flexibility index (Phi) is 9.28. The van der Waals surface area contributed by atoms with Crippen molar-refractivity contribution in [2.24, 2.45) is 0 Å². The summed E-state index contributed by atoms with van der Waals surface area (Å²) < 4.78 is 52.6. The Labute approximate surface area is 252 Å². The predicted molar refractivity (Wildman–Crippen MR) is 151 cm³/mol. The number of esters is 1. The molecule has 0 aromatic heterocycles. The van der Waals surface area contributed by atoms with Crippen LogP contribution in [-0.2, 0) is 19.9 Å². The molecule has 236 valence electrons. The van der Waals surface area contributed by atoms with Crippen LogP contribution < -0.4 is 10.6 Å². The van der Waals surface area contributed by atoms with Crippen LogP contribution in [0.1, 0.15) is 49.3 Å². The van der Waals surface area contributed by atoms with E-state index in [9.17, 15) is 32.7 Å². The third kappa shape index (κ3) is 6.17. The molecule has 3 aliphatic rings. The van der Waals surface area contributed by atoms with E-state index >= 15 is 0 Å². The zero-order valence-electron chi connectivity index (χ0n) is 24.4. The fourth-order valence-corrected chi connectivity index (χ4v) is 6.51. The summed E-state index contributed by atoms with van der Waals surface area (Å²) in [5.74, 6) is -3.66. The highest BCUT2D eigenvalue weighted by Crippen LogP contribution is 2.40. The summed E-state index contributed by atoms with van der Waals surface area (Å²) in [5.41, 5.74) is -1.08. The van der Waals surface area contributed by atoms with Gasteiger partial charge in [0.15, 0.2) is 11.6 Å². The van der Waals surface area contributed by atoms with Crippen molar-refractivity contribution in [1.82, 2.24) is 20.4 Å². The van der Waals surface area contributed by atoms with Gasteiger partial charge in [-0.25, -0.2) is 32.5 Å². The SMILES string of the molecule is COCC1=C(C(=O)OC)C(c2ccc(F)c(F)c2)N(C(=O)N[C@@H]2CCN(C3CCC(O)(c4ccccc4F)CC3)C2)C(=O)N1. The fraction of sp³-hybridized carbons (Fsp3) is 0.452. The van der Waals surface area contributed by atoms with Gasteiger partial charge in [-0.15, -0.1) is 0 Å². The maximum absolute atomic E-state index is 14.4. The minimum atomic E-state index is -1.43. The number of aliphatic hydroxyl groups is 1. The number of amides is 4. The number of nitrogens with zero attached hydrogens (tertiary/aromatic N) is 2. The average Bonchev–Trinajstić information content (AvgIpc) is 3.46. The van der Waals surface area contributed by atoms with Crippen molar-refractivity contribution in [3.63, 3.8) is 0 Å². The number of hydrogen-bond donors (Lipinski definition) is 3. The maximum Gasteiger partial charge on any atom is 0.338 e. The van der Waals surface area contributed by atoms with Crippen LogP contribution in [0.2, 0.25) is 0 Å². The van der Waals surface area contributed by atoms with Gasteiger partial charge in [0.2, 0.25) is 0 Å². The number of nitrogens with one attached hydrogen (secondary N) is 2. The van der Waals surface area contributed by atoms with Crippen molar-refractivity contribution in [2.45, 2.75) is 55.8 Å². The minimum absolute atomic E-state index is 0.0134. The Balaban J connectivity index is 1.31. The van der Waals surface area contributed by atoms with E-state index < -0.39 is 47.1 Å². The molecule has 5 rings (SSSR count). The van der Waals surface area contributed by atoms with E-state index in [0.717, 1.165) is 24.1 Å². The minimum Gasteiger partial charge on any atom is -0.466 e. The molecule has 1 aliphatic carbocycles. The van der Waals surface area contributed by atoms with E-state index in [4.69, 9.17) is 9.47 Å². The second-order valence-electron chi connectivity index (χ2n) is 11.4. The Bertz CT molecular complexity index is 1460. The van der Waals surface area contributed by atoms with Crippen molar-refractivity contribution < 1.29 is 42.1 Å². The van der Waals surface area contributed by atoms with Gasteiger partial charge < -0.3 is 25.2 Å². The lowest BCUT2D eigenvalue weighted by Gasteiger charge is -2.40. The average molecular weight is 617 g/mol. The molecule has 10 nitrogen and oxygen atoms in total. The summed E-state index contributed by atoms with van der Waals surface area (Å²) in [6.07, 6.45) is 2.62. The van der Waals surface area contributed by atoms with Crippen LogP contribution in [0, 0.1) is 17.5 Å². The van der Waals surface area contributed by atoms with Crippen molar-refractivity contribution >= 4 is 18.0 Å². The first-order valence-electron chi connectivity index (χ1n) is 14.4. The zero-order chi connectivity index (χ0) is 31.6. The van der Waals surface area contributed by atoms with Crippen molar-refractivity contribution in [3.8, 4) is 0 Å². The molecule has 44 heavy (non-hydrogen) atoms. The van der Waals surface area contributed by atoms with Gasteiger partial charge in [-0.3, -0.25) is 4.90 Å². The number of carbonyl (C=O) groups excluding carboxylic acids is 3. The van der Waals surface area contributed by atoms with Gasteiger partial charge in [-0.05, 0) is 55.9 Å². The molecule has 0 radical (unpaired) electrons. The Hall–Kier alpha value is -3.94. The van der Waals surface area contributed by atoms with Gasteiger partial charge in [-0.1, -0.05) is 24.3 Å².